The summed E-state index contributed by atoms with van der Waals surface area (Å²) in [6.45, 7) is 3.87. The van der Waals surface area contributed by atoms with E-state index in [9.17, 15) is 8.42 Å². The number of nitrogens with zero attached hydrogens (tertiary/aromatic N) is 3. The SMILES string of the molecule is CCC(CC(C)C#N)c1ccc(S(=O)(=O)C(C#N)C#N)cc1.[Li+]. The predicted octanol–water partition coefficient (Wildman–Crippen LogP) is -0.0766. The summed E-state index contributed by atoms with van der Waals surface area (Å²) in [4.78, 5) is -0.0347. The van der Waals surface area contributed by atoms with Gasteiger partial charge in [0.15, 0.2) is 0 Å². The van der Waals surface area contributed by atoms with Crippen LogP contribution < -0.4 is 18.9 Å². The summed E-state index contributed by atoms with van der Waals surface area (Å²) in [6.07, 6.45) is 1.55. The van der Waals surface area contributed by atoms with Crippen LogP contribution in [0.25, 0.3) is 0 Å². The van der Waals surface area contributed by atoms with Gasteiger partial charge in [0.2, 0.25) is 15.1 Å². The summed E-state index contributed by atoms with van der Waals surface area (Å²) in [5, 5.41) is 24.7. The smallest absolute Gasteiger partial charge is 0.221 e. The maximum absolute atomic E-state index is 12.1. The summed E-state index contributed by atoms with van der Waals surface area (Å²) in [5.41, 5.74) is 0.953. The molecule has 2 unspecified atom stereocenters. The van der Waals surface area contributed by atoms with E-state index in [2.05, 4.69) is 6.07 Å². The van der Waals surface area contributed by atoms with Gasteiger partial charge in [-0.1, -0.05) is 19.1 Å². The van der Waals surface area contributed by atoms with Gasteiger partial charge in [0.1, 0.15) is 0 Å². The van der Waals surface area contributed by atoms with Crippen molar-refractivity contribution in [3.63, 3.8) is 0 Å². The first kappa shape index (κ1) is 21.2. The Kier molecular flexibility index (Phi) is 8.67. The number of rotatable bonds is 6. The zero-order valence-electron chi connectivity index (χ0n) is 13.5. The van der Waals surface area contributed by atoms with Crippen LogP contribution in [0.3, 0.4) is 0 Å². The molecule has 1 aromatic carbocycles. The van der Waals surface area contributed by atoms with Crippen LogP contribution in [0, 0.1) is 39.9 Å². The van der Waals surface area contributed by atoms with Crippen molar-refractivity contribution in [3.8, 4) is 18.2 Å². The monoisotopic (exact) mass is 322 g/mol. The van der Waals surface area contributed by atoms with E-state index in [4.69, 9.17) is 15.8 Å². The summed E-state index contributed by atoms with van der Waals surface area (Å²) in [7, 11) is -3.95. The summed E-state index contributed by atoms with van der Waals surface area (Å²) in [6, 6.07) is 11.4. The molecule has 0 aliphatic rings. The number of benzene rings is 1. The maximum atomic E-state index is 12.1. The molecule has 0 fully saturated rings. The number of nitriles is 3. The second-order valence-electron chi connectivity index (χ2n) is 5.12. The molecule has 0 aliphatic heterocycles. The average Bonchev–Trinajstić information content (AvgIpc) is 2.53. The van der Waals surface area contributed by atoms with Gasteiger partial charge in [-0.15, -0.1) is 0 Å². The van der Waals surface area contributed by atoms with Crippen molar-refractivity contribution in [1.29, 1.82) is 15.8 Å². The third-order valence-corrected chi connectivity index (χ3v) is 5.34. The normalized spacial score (nSPS) is 13.0. The van der Waals surface area contributed by atoms with Gasteiger partial charge in [-0.05, 0) is 43.4 Å². The fourth-order valence-electron chi connectivity index (χ4n) is 2.25. The summed E-state index contributed by atoms with van der Waals surface area (Å²) in [5.74, 6) is 0.101. The zero-order chi connectivity index (χ0) is 16.8. The molecule has 114 valence electrons. The van der Waals surface area contributed by atoms with Gasteiger partial charge >= 0.3 is 18.9 Å². The molecule has 23 heavy (non-hydrogen) atoms. The van der Waals surface area contributed by atoms with Gasteiger partial charge in [0, 0.05) is 5.92 Å². The first-order chi connectivity index (χ1) is 10.4. The van der Waals surface area contributed by atoms with Crippen molar-refractivity contribution < 1.29 is 27.3 Å². The third-order valence-electron chi connectivity index (χ3n) is 3.58. The topological polar surface area (TPSA) is 106 Å². The minimum atomic E-state index is -3.95. The first-order valence-corrected chi connectivity index (χ1v) is 8.48. The first-order valence-electron chi connectivity index (χ1n) is 6.93. The van der Waals surface area contributed by atoms with Crippen LogP contribution in [0.2, 0.25) is 0 Å². The Morgan fingerprint density at radius 2 is 1.57 bits per heavy atom. The molecule has 0 amide bonds. The van der Waals surface area contributed by atoms with Crippen LogP contribution in [0.5, 0.6) is 0 Å². The maximum Gasteiger partial charge on any atom is 1.00 e. The molecule has 0 heterocycles. The summed E-state index contributed by atoms with van der Waals surface area (Å²) < 4.78 is 24.2. The van der Waals surface area contributed by atoms with Crippen LogP contribution in [-0.2, 0) is 9.84 Å². The van der Waals surface area contributed by atoms with Crippen molar-refractivity contribution in [1.82, 2.24) is 0 Å². The molecule has 1 aromatic rings. The molecule has 0 radical (unpaired) electrons. The second-order valence-corrected chi connectivity index (χ2v) is 7.16. The van der Waals surface area contributed by atoms with E-state index in [-0.39, 0.29) is 35.6 Å². The Morgan fingerprint density at radius 3 is 1.96 bits per heavy atom. The van der Waals surface area contributed by atoms with Crippen molar-refractivity contribution >= 4 is 9.84 Å². The van der Waals surface area contributed by atoms with Gasteiger partial charge in [-0.25, -0.2) is 8.42 Å². The standard InChI is InChI=1S/C16H17N3O2S.Li/c1-3-13(8-12(2)9-17)14-4-6-15(7-5-14)22(20,21)16(10-18)11-19;/h4-7,12-13,16H,3,8H2,1-2H3;/q;+1. The van der Waals surface area contributed by atoms with Gasteiger partial charge in [-0.2, -0.15) is 15.8 Å². The molecular weight excluding hydrogens is 305 g/mol. The van der Waals surface area contributed by atoms with Crippen molar-refractivity contribution in [2.24, 2.45) is 5.92 Å². The average molecular weight is 322 g/mol. The Labute approximate surface area is 149 Å². The Hall–Kier alpha value is -1.76. The molecular formula is C16H17LiN3O2S+. The van der Waals surface area contributed by atoms with E-state index < -0.39 is 15.1 Å². The van der Waals surface area contributed by atoms with Crippen LogP contribution >= 0.6 is 0 Å². The van der Waals surface area contributed by atoms with Gasteiger partial charge in [0.05, 0.1) is 23.1 Å². The Balaban J connectivity index is 0.00000484. The van der Waals surface area contributed by atoms with Crippen LogP contribution in [0.4, 0.5) is 0 Å². The van der Waals surface area contributed by atoms with E-state index in [0.717, 1.165) is 12.0 Å². The summed E-state index contributed by atoms with van der Waals surface area (Å²) >= 11 is 0. The van der Waals surface area contributed by atoms with Crippen LogP contribution in [0.1, 0.15) is 38.2 Å². The van der Waals surface area contributed by atoms with E-state index in [0.29, 0.717) is 6.42 Å². The van der Waals surface area contributed by atoms with E-state index >= 15 is 0 Å². The number of hydrogen-bond acceptors (Lipinski definition) is 5. The van der Waals surface area contributed by atoms with Gasteiger partial charge < -0.3 is 0 Å². The molecule has 7 heteroatoms. The third kappa shape index (κ3) is 5.13. The molecule has 2 atom stereocenters. The van der Waals surface area contributed by atoms with Crippen LogP contribution in [-0.4, -0.2) is 13.7 Å². The largest absolute Gasteiger partial charge is 1.00 e. The van der Waals surface area contributed by atoms with Crippen molar-refractivity contribution in [2.45, 2.75) is 42.8 Å². The molecule has 0 aromatic heterocycles. The molecule has 1 rings (SSSR count). The van der Waals surface area contributed by atoms with Gasteiger partial charge in [0.25, 0.3) is 0 Å². The fraction of sp³-hybridized carbons (Fsp3) is 0.438. The number of sulfone groups is 1. The molecule has 0 bridgehead atoms. The molecule has 0 aliphatic carbocycles. The predicted molar refractivity (Wildman–Crippen MR) is 81.1 cm³/mol. The quantitative estimate of drug-likeness (QED) is 0.681. The van der Waals surface area contributed by atoms with E-state index in [1.54, 1.807) is 12.1 Å². The molecule has 5 nitrogen and oxygen atoms in total. The zero-order valence-corrected chi connectivity index (χ0v) is 14.3. The second kappa shape index (κ2) is 9.39. The Bertz CT molecular complexity index is 726. The number of hydrogen-bond donors (Lipinski definition) is 0. The molecule has 0 saturated heterocycles. The molecule has 0 spiro atoms. The van der Waals surface area contributed by atoms with E-state index in [1.165, 1.54) is 24.3 Å². The van der Waals surface area contributed by atoms with E-state index in [1.807, 2.05) is 13.8 Å². The minimum Gasteiger partial charge on any atom is -0.221 e. The van der Waals surface area contributed by atoms with Crippen molar-refractivity contribution in [2.75, 3.05) is 0 Å². The Morgan fingerprint density at radius 1 is 1.04 bits per heavy atom. The van der Waals surface area contributed by atoms with Crippen LogP contribution in [0.15, 0.2) is 29.2 Å². The van der Waals surface area contributed by atoms with Gasteiger partial charge in [-0.3, -0.25) is 0 Å². The fourth-order valence-corrected chi connectivity index (χ4v) is 3.32. The van der Waals surface area contributed by atoms with Crippen molar-refractivity contribution in [3.05, 3.63) is 29.8 Å². The molecule has 0 N–H and O–H groups in total. The molecule has 0 saturated carbocycles. The minimum absolute atomic E-state index is 0.